The normalized spacial score (nSPS) is 17.2. The molecule has 0 aliphatic carbocycles. The molecule has 1 heterocycles. The molecule has 32 heavy (non-hydrogen) atoms. The van der Waals surface area contributed by atoms with Crippen LogP contribution in [0.1, 0.15) is 38.8 Å². The van der Waals surface area contributed by atoms with Gasteiger partial charge in [-0.05, 0) is 56.4 Å². The van der Waals surface area contributed by atoms with Gasteiger partial charge in [-0.2, -0.15) is 0 Å². The maximum atomic E-state index is 12.3. The van der Waals surface area contributed by atoms with Crippen LogP contribution in [0.2, 0.25) is 0 Å². The standard InChI is InChI=1S/C24H31BN2O5/c1-23(2)24(3,4)32-25(31-23)19(13-18-11-12-21(29-5)20(26)14-18)15-27-22(28)30-16-17-9-7-6-8-10-17/h6-14H,15-16,26H2,1-5H3,(H,27,28). The van der Waals surface area contributed by atoms with Gasteiger partial charge in [-0.3, -0.25) is 0 Å². The molecular formula is C24H31BN2O5. The summed E-state index contributed by atoms with van der Waals surface area (Å²) in [4.78, 5) is 12.3. The summed E-state index contributed by atoms with van der Waals surface area (Å²) in [5.41, 5.74) is 8.05. The van der Waals surface area contributed by atoms with Crippen LogP contribution in [0.3, 0.4) is 0 Å². The number of hydrogen-bond donors (Lipinski definition) is 2. The number of carbonyl (C=O) groups is 1. The van der Waals surface area contributed by atoms with Crippen LogP contribution >= 0.6 is 0 Å². The van der Waals surface area contributed by atoms with E-state index in [1.54, 1.807) is 19.2 Å². The number of methoxy groups -OCH3 is 1. The first-order valence-electron chi connectivity index (χ1n) is 10.6. The first-order chi connectivity index (χ1) is 15.1. The summed E-state index contributed by atoms with van der Waals surface area (Å²) >= 11 is 0. The van der Waals surface area contributed by atoms with Crippen molar-refractivity contribution in [1.29, 1.82) is 0 Å². The quantitative estimate of drug-likeness (QED) is 0.497. The summed E-state index contributed by atoms with van der Waals surface area (Å²) < 4.78 is 23.0. The molecule has 0 bridgehead atoms. The first-order valence-corrected chi connectivity index (χ1v) is 10.6. The number of hydrogen-bond acceptors (Lipinski definition) is 6. The van der Waals surface area contributed by atoms with Crippen molar-refractivity contribution in [1.82, 2.24) is 5.32 Å². The fourth-order valence-corrected chi connectivity index (χ4v) is 3.20. The number of amides is 1. The van der Waals surface area contributed by atoms with Crippen LogP contribution in [0.5, 0.6) is 5.75 Å². The number of alkyl carbamates (subject to hydrolysis) is 1. The van der Waals surface area contributed by atoms with Gasteiger partial charge in [0.15, 0.2) is 0 Å². The molecule has 0 spiro atoms. The number of anilines is 1. The molecule has 8 heteroatoms. The van der Waals surface area contributed by atoms with E-state index in [0.29, 0.717) is 11.4 Å². The van der Waals surface area contributed by atoms with E-state index >= 15 is 0 Å². The maximum absolute atomic E-state index is 12.3. The van der Waals surface area contributed by atoms with Crippen molar-refractivity contribution in [3.8, 4) is 5.75 Å². The molecule has 1 saturated heterocycles. The molecule has 3 rings (SSSR count). The molecule has 0 saturated carbocycles. The van der Waals surface area contributed by atoms with E-state index in [9.17, 15) is 4.79 Å². The lowest BCUT2D eigenvalue weighted by atomic mass is 9.77. The van der Waals surface area contributed by atoms with Gasteiger partial charge >= 0.3 is 13.2 Å². The molecule has 1 amide bonds. The molecule has 0 atom stereocenters. The Hall–Kier alpha value is -2.97. The monoisotopic (exact) mass is 438 g/mol. The summed E-state index contributed by atoms with van der Waals surface area (Å²) in [5.74, 6) is 0.599. The molecule has 2 aromatic carbocycles. The van der Waals surface area contributed by atoms with Gasteiger partial charge in [0, 0.05) is 6.54 Å². The lowest BCUT2D eigenvalue weighted by Gasteiger charge is -2.32. The average Bonchev–Trinajstić information content (AvgIpc) is 2.97. The Morgan fingerprint density at radius 2 is 1.75 bits per heavy atom. The highest BCUT2D eigenvalue weighted by atomic mass is 16.7. The molecule has 0 unspecified atom stereocenters. The molecular weight excluding hydrogens is 407 g/mol. The maximum Gasteiger partial charge on any atom is 0.492 e. The molecule has 170 valence electrons. The topological polar surface area (TPSA) is 92.0 Å². The van der Waals surface area contributed by atoms with Crippen molar-refractivity contribution >= 4 is 25.0 Å². The zero-order valence-electron chi connectivity index (χ0n) is 19.3. The molecule has 1 aliphatic rings. The number of nitrogens with one attached hydrogen (secondary N) is 1. The summed E-state index contributed by atoms with van der Waals surface area (Å²) in [5, 5.41) is 2.80. The van der Waals surface area contributed by atoms with Crippen LogP contribution in [-0.4, -0.2) is 38.1 Å². The Kier molecular flexibility index (Phi) is 7.16. The van der Waals surface area contributed by atoms with Crippen LogP contribution in [0.25, 0.3) is 6.08 Å². The van der Waals surface area contributed by atoms with E-state index in [4.69, 9.17) is 24.5 Å². The lowest BCUT2D eigenvalue weighted by molar-refractivity contribution is 0.00578. The lowest BCUT2D eigenvalue weighted by Crippen LogP contribution is -2.41. The van der Waals surface area contributed by atoms with Gasteiger partial charge in [-0.15, -0.1) is 0 Å². The Bertz CT molecular complexity index is 960. The average molecular weight is 438 g/mol. The number of nitrogen functional groups attached to an aromatic ring is 1. The smallest absolute Gasteiger partial charge is 0.492 e. The zero-order chi connectivity index (χ0) is 23.4. The van der Waals surface area contributed by atoms with Gasteiger partial charge in [-0.1, -0.05) is 42.5 Å². The van der Waals surface area contributed by atoms with Gasteiger partial charge in [0.05, 0.1) is 24.0 Å². The van der Waals surface area contributed by atoms with Crippen molar-refractivity contribution < 1.29 is 23.6 Å². The molecule has 1 aliphatic heterocycles. The largest absolute Gasteiger partial charge is 0.495 e. The van der Waals surface area contributed by atoms with E-state index in [1.807, 2.05) is 70.2 Å². The van der Waals surface area contributed by atoms with E-state index in [-0.39, 0.29) is 13.2 Å². The number of benzene rings is 2. The van der Waals surface area contributed by atoms with Crippen LogP contribution in [0, 0.1) is 0 Å². The van der Waals surface area contributed by atoms with Crippen molar-refractivity contribution in [2.75, 3.05) is 19.4 Å². The van der Waals surface area contributed by atoms with Crippen LogP contribution in [0.15, 0.2) is 54.0 Å². The molecule has 7 nitrogen and oxygen atoms in total. The third kappa shape index (κ3) is 5.63. The first kappa shape index (κ1) is 23.7. The van der Waals surface area contributed by atoms with Gasteiger partial charge < -0.3 is 29.8 Å². The highest BCUT2D eigenvalue weighted by molar-refractivity contribution is 6.56. The van der Waals surface area contributed by atoms with Crippen molar-refractivity contribution in [3.63, 3.8) is 0 Å². The second-order valence-electron chi connectivity index (χ2n) is 8.72. The van der Waals surface area contributed by atoms with Crippen molar-refractivity contribution in [2.45, 2.75) is 45.5 Å². The number of nitrogens with two attached hydrogens (primary N) is 1. The van der Waals surface area contributed by atoms with E-state index in [2.05, 4.69) is 5.32 Å². The summed E-state index contributed by atoms with van der Waals surface area (Å²) in [6.45, 7) is 8.32. The second-order valence-corrected chi connectivity index (χ2v) is 8.72. The van der Waals surface area contributed by atoms with Crippen LogP contribution < -0.4 is 15.8 Å². The molecule has 0 aromatic heterocycles. The third-order valence-electron chi connectivity index (χ3n) is 5.81. The SMILES string of the molecule is COc1ccc(C=C(CNC(=O)OCc2ccccc2)B2OC(C)(C)C(C)(C)O2)cc1N. The van der Waals surface area contributed by atoms with Crippen molar-refractivity contribution in [3.05, 3.63) is 65.1 Å². The molecule has 3 N–H and O–H groups in total. The second kappa shape index (κ2) is 9.67. The summed E-state index contributed by atoms with van der Waals surface area (Å²) in [6, 6.07) is 15.0. The van der Waals surface area contributed by atoms with E-state index in [1.165, 1.54) is 0 Å². The predicted octanol–water partition coefficient (Wildman–Crippen LogP) is 4.22. The van der Waals surface area contributed by atoms with Gasteiger partial charge in [0.1, 0.15) is 12.4 Å². The predicted molar refractivity (Wildman–Crippen MR) is 126 cm³/mol. The van der Waals surface area contributed by atoms with Crippen molar-refractivity contribution in [2.24, 2.45) is 0 Å². The summed E-state index contributed by atoms with van der Waals surface area (Å²) in [6.07, 6.45) is 1.38. The summed E-state index contributed by atoms with van der Waals surface area (Å²) in [7, 11) is 0.944. The van der Waals surface area contributed by atoms with Gasteiger partial charge in [-0.25, -0.2) is 4.79 Å². The fourth-order valence-electron chi connectivity index (χ4n) is 3.20. The minimum atomic E-state index is -0.627. The van der Waals surface area contributed by atoms with Gasteiger partial charge in [0.2, 0.25) is 0 Å². The molecule has 2 aromatic rings. The number of rotatable bonds is 7. The highest BCUT2D eigenvalue weighted by Crippen LogP contribution is 2.39. The Balaban J connectivity index is 1.75. The van der Waals surface area contributed by atoms with E-state index in [0.717, 1.165) is 16.6 Å². The fraction of sp³-hybridized carbons (Fsp3) is 0.375. The molecule has 1 fully saturated rings. The van der Waals surface area contributed by atoms with E-state index < -0.39 is 24.4 Å². The minimum absolute atomic E-state index is 0.191. The minimum Gasteiger partial charge on any atom is -0.495 e. The van der Waals surface area contributed by atoms with Crippen LogP contribution in [0.4, 0.5) is 10.5 Å². The number of ether oxygens (including phenoxy) is 2. The zero-order valence-corrected chi connectivity index (χ0v) is 19.3. The Morgan fingerprint density at radius 1 is 1.09 bits per heavy atom. The highest BCUT2D eigenvalue weighted by Gasteiger charge is 2.52. The van der Waals surface area contributed by atoms with Crippen LogP contribution in [-0.2, 0) is 20.7 Å². The number of carbonyl (C=O) groups excluding carboxylic acids is 1. The third-order valence-corrected chi connectivity index (χ3v) is 5.81. The Labute approximate surface area is 190 Å². The Morgan fingerprint density at radius 3 is 2.34 bits per heavy atom. The molecule has 0 radical (unpaired) electrons. The van der Waals surface area contributed by atoms with Gasteiger partial charge in [0.25, 0.3) is 0 Å².